The van der Waals surface area contributed by atoms with Gasteiger partial charge in [0.2, 0.25) is 0 Å². The van der Waals surface area contributed by atoms with Crippen LogP contribution in [0.4, 0.5) is 0 Å². The maximum absolute atomic E-state index is 12.0. The van der Waals surface area contributed by atoms with Gasteiger partial charge in [0, 0.05) is 6.61 Å². The zero-order valence-corrected chi connectivity index (χ0v) is 31.1. The van der Waals surface area contributed by atoms with Crippen LogP contribution >= 0.6 is 0 Å². The molecule has 0 aromatic heterocycles. The van der Waals surface area contributed by atoms with Gasteiger partial charge in [-0.25, -0.2) is 0 Å². The molecule has 3 aliphatic rings. The molecule has 15 atom stereocenters. The van der Waals surface area contributed by atoms with Crippen LogP contribution in [0.15, 0.2) is 0 Å². The molecular formula is C36H68O17. The summed E-state index contributed by atoms with van der Waals surface area (Å²) >= 11 is 0. The summed E-state index contributed by atoms with van der Waals surface area (Å²) in [6.45, 7) is -0.125. The van der Waals surface area contributed by atoms with E-state index in [0.717, 1.165) is 25.7 Å². The lowest BCUT2D eigenvalue weighted by atomic mass is 9.76. The molecule has 3 rings (SSSR count). The second-order valence-corrected chi connectivity index (χ2v) is 14.8. The van der Waals surface area contributed by atoms with Crippen molar-refractivity contribution in [2.45, 2.75) is 188 Å². The van der Waals surface area contributed by atoms with E-state index in [1.54, 1.807) is 0 Å². The molecule has 0 spiro atoms. The molecule has 11 N–H and O–H groups in total. The number of ether oxygens (including phenoxy) is 6. The van der Waals surface area contributed by atoms with Crippen LogP contribution in [0.25, 0.3) is 0 Å². The van der Waals surface area contributed by atoms with Crippen molar-refractivity contribution in [2.24, 2.45) is 0 Å². The Morgan fingerprint density at radius 1 is 0.623 bits per heavy atom. The first kappa shape index (κ1) is 46.7. The first-order valence-electron chi connectivity index (χ1n) is 19.6. The quantitative estimate of drug-likeness (QED) is 0.0463. The lowest BCUT2D eigenvalue weighted by Gasteiger charge is -2.54. The van der Waals surface area contributed by atoms with Gasteiger partial charge in [-0.15, -0.1) is 0 Å². The fourth-order valence-electron chi connectivity index (χ4n) is 7.09. The maximum atomic E-state index is 12.0. The summed E-state index contributed by atoms with van der Waals surface area (Å²) in [5.74, 6) is 0. The third-order valence-electron chi connectivity index (χ3n) is 10.5. The number of rotatable bonds is 25. The van der Waals surface area contributed by atoms with Gasteiger partial charge in [-0.2, -0.15) is 0 Å². The third-order valence-corrected chi connectivity index (χ3v) is 10.5. The summed E-state index contributed by atoms with van der Waals surface area (Å²) < 4.78 is 34.1. The van der Waals surface area contributed by atoms with Crippen molar-refractivity contribution in [3.63, 3.8) is 0 Å². The standard InChI is InChI=1S/C36H68O17/c1-2-3-4-5-6-7-8-9-10-11-12-13-14-15-16-48-19-22(20-49-34-31(45)26(40)23(39)21-50-34)51-35-36(47,32(46)28(42)25(18-38)53-35)33-30(44)29(43)27(41)24(17-37)52-33/h22-35,37-47H,2-21H2,1H3/t22?,23-,24-,25-,26+,27-,28-,29+,30-,31-,32+,33+,34-,35-,36+/m1/s1. The third kappa shape index (κ3) is 13.2. The zero-order chi connectivity index (χ0) is 39.0. The molecule has 0 aromatic carbocycles. The predicted molar refractivity (Wildman–Crippen MR) is 186 cm³/mol. The molecule has 3 aliphatic heterocycles. The molecule has 1 unspecified atom stereocenters. The molecule has 17 heteroatoms. The van der Waals surface area contributed by atoms with Crippen LogP contribution in [0.1, 0.15) is 96.8 Å². The molecule has 3 heterocycles. The Balaban J connectivity index is 1.60. The van der Waals surface area contributed by atoms with E-state index >= 15 is 0 Å². The highest BCUT2D eigenvalue weighted by atomic mass is 16.7. The van der Waals surface area contributed by atoms with Crippen LogP contribution < -0.4 is 0 Å². The average Bonchev–Trinajstić information content (AvgIpc) is 3.15. The van der Waals surface area contributed by atoms with E-state index in [2.05, 4.69) is 6.92 Å². The highest BCUT2D eigenvalue weighted by molar-refractivity contribution is 5.11. The second kappa shape index (κ2) is 24.2. The summed E-state index contributed by atoms with van der Waals surface area (Å²) in [6, 6.07) is 0. The minimum Gasteiger partial charge on any atom is -0.394 e. The minimum absolute atomic E-state index is 0.209. The first-order valence-corrected chi connectivity index (χ1v) is 19.6. The van der Waals surface area contributed by atoms with E-state index in [1.807, 2.05) is 0 Å². The molecule has 17 nitrogen and oxygen atoms in total. The van der Waals surface area contributed by atoms with Crippen molar-refractivity contribution in [3.8, 4) is 0 Å². The van der Waals surface area contributed by atoms with Gasteiger partial charge in [0.15, 0.2) is 18.2 Å². The summed E-state index contributed by atoms with van der Waals surface area (Å²) in [4.78, 5) is 0. The number of aliphatic hydroxyl groups is 11. The lowest BCUT2D eigenvalue weighted by molar-refractivity contribution is -0.395. The van der Waals surface area contributed by atoms with E-state index in [9.17, 15) is 56.2 Å². The van der Waals surface area contributed by atoms with Crippen LogP contribution in [0.3, 0.4) is 0 Å². The first-order chi connectivity index (χ1) is 25.4. The SMILES string of the molecule is CCCCCCCCCCCCCCCCOCC(CO[C@@H]1OC[C@@H](O)[C@H](O)[C@H]1O)O[C@@H]1O[C@H](CO)[C@@H](O)[C@H](O)[C@]1(O)[C@H]1O[C@H](CO)[C@@H](O)[C@H](O)[C@H]1O. The molecule has 3 fully saturated rings. The van der Waals surface area contributed by atoms with Crippen molar-refractivity contribution >= 4 is 0 Å². The molecule has 53 heavy (non-hydrogen) atoms. The Morgan fingerprint density at radius 3 is 1.74 bits per heavy atom. The minimum atomic E-state index is -2.88. The Hall–Kier alpha value is -0.680. The van der Waals surface area contributed by atoms with Gasteiger partial charge in [-0.3, -0.25) is 0 Å². The smallest absolute Gasteiger partial charge is 0.192 e. The average molecular weight is 773 g/mol. The summed E-state index contributed by atoms with van der Waals surface area (Å²) in [5.41, 5.74) is -2.88. The molecular weight excluding hydrogens is 704 g/mol. The monoisotopic (exact) mass is 772 g/mol. The molecule has 0 radical (unpaired) electrons. The topological polar surface area (TPSA) is 278 Å². The van der Waals surface area contributed by atoms with E-state index < -0.39 is 111 Å². The number of hydrogen-bond acceptors (Lipinski definition) is 17. The predicted octanol–water partition coefficient (Wildman–Crippen LogP) is -1.66. The van der Waals surface area contributed by atoms with Crippen LogP contribution in [-0.4, -0.2) is 187 Å². The van der Waals surface area contributed by atoms with Crippen molar-refractivity contribution < 1.29 is 84.6 Å². The highest BCUT2D eigenvalue weighted by Gasteiger charge is 2.65. The summed E-state index contributed by atoms with van der Waals surface area (Å²) in [6.07, 6.45) is -7.53. The molecule has 0 saturated carbocycles. The Morgan fingerprint density at radius 2 is 1.17 bits per heavy atom. The van der Waals surface area contributed by atoms with Gasteiger partial charge in [0.1, 0.15) is 73.2 Å². The van der Waals surface area contributed by atoms with Gasteiger partial charge in [-0.1, -0.05) is 90.4 Å². The fourth-order valence-corrected chi connectivity index (χ4v) is 7.09. The molecule has 314 valence electrons. The van der Waals surface area contributed by atoms with Crippen LogP contribution in [0.2, 0.25) is 0 Å². The Bertz CT molecular complexity index is 965. The zero-order valence-electron chi connectivity index (χ0n) is 31.1. The number of unbranched alkanes of at least 4 members (excludes halogenated alkanes) is 13. The van der Waals surface area contributed by atoms with Crippen LogP contribution in [0, 0.1) is 0 Å². The maximum Gasteiger partial charge on any atom is 0.192 e. The summed E-state index contributed by atoms with van der Waals surface area (Å²) in [7, 11) is 0. The molecule has 0 bridgehead atoms. The largest absolute Gasteiger partial charge is 0.394 e. The molecule has 0 aromatic rings. The van der Waals surface area contributed by atoms with E-state index in [4.69, 9.17) is 28.4 Å². The number of aliphatic hydroxyl groups excluding tert-OH is 10. The van der Waals surface area contributed by atoms with Crippen LogP contribution in [0.5, 0.6) is 0 Å². The van der Waals surface area contributed by atoms with Gasteiger partial charge in [0.05, 0.1) is 33.0 Å². The fraction of sp³-hybridized carbons (Fsp3) is 1.00. The van der Waals surface area contributed by atoms with Crippen LogP contribution in [-0.2, 0) is 28.4 Å². The summed E-state index contributed by atoms with van der Waals surface area (Å²) in [5, 5.41) is 115. The lowest BCUT2D eigenvalue weighted by Crippen LogP contribution is -2.77. The van der Waals surface area contributed by atoms with E-state index in [1.165, 1.54) is 64.2 Å². The Labute approximate surface area is 312 Å². The van der Waals surface area contributed by atoms with Gasteiger partial charge < -0.3 is 84.6 Å². The van der Waals surface area contributed by atoms with E-state index in [-0.39, 0.29) is 13.2 Å². The van der Waals surface area contributed by atoms with Crippen molar-refractivity contribution in [1.29, 1.82) is 0 Å². The molecule has 3 saturated heterocycles. The molecule has 0 amide bonds. The van der Waals surface area contributed by atoms with Gasteiger partial charge in [0.25, 0.3) is 0 Å². The molecule has 0 aliphatic carbocycles. The highest BCUT2D eigenvalue weighted by Crippen LogP contribution is 2.40. The Kier molecular flexibility index (Phi) is 21.3. The van der Waals surface area contributed by atoms with Crippen molar-refractivity contribution in [2.75, 3.05) is 39.6 Å². The van der Waals surface area contributed by atoms with Crippen molar-refractivity contribution in [3.05, 3.63) is 0 Å². The normalized spacial score (nSPS) is 38.6. The second-order valence-electron chi connectivity index (χ2n) is 14.8. The van der Waals surface area contributed by atoms with Crippen molar-refractivity contribution in [1.82, 2.24) is 0 Å². The number of hydrogen-bond donors (Lipinski definition) is 11. The van der Waals surface area contributed by atoms with Gasteiger partial charge in [-0.05, 0) is 6.42 Å². The van der Waals surface area contributed by atoms with Gasteiger partial charge >= 0.3 is 0 Å². The van der Waals surface area contributed by atoms with E-state index in [0.29, 0.717) is 6.61 Å².